The summed E-state index contributed by atoms with van der Waals surface area (Å²) in [6.45, 7) is 2.83. The molecule has 2 N–H and O–H groups in total. The number of phenols is 1. The minimum Gasteiger partial charge on any atom is -0.504 e. The molecule has 2 aromatic carbocycles. The van der Waals surface area contributed by atoms with Crippen molar-refractivity contribution in [3.63, 3.8) is 0 Å². The molecule has 2 aliphatic heterocycles. The molecule has 6 atom stereocenters. The van der Waals surface area contributed by atoms with Crippen LogP contribution in [0.1, 0.15) is 42.4 Å². The smallest absolute Gasteiger partial charge is 0.165 e. The van der Waals surface area contributed by atoms with E-state index >= 15 is 0 Å². The fourth-order valence-corrected chi connectivity index (χ4v) is 9.17. The molecule has 0 amide bonds. The van der Waals surface area contributed by atoms with E-state index in [0.717, 1.165) is 51.1 Å². The second-order valence-electron chi connectivity index (χ2n) is 11.6. The highest BCUT2D eigenvalue weighted by molar-refractivity contribution is 5.63. The van der Waals surface area contributed by atoms with Gasteiger partial charge in [-0.1, -0.05) is 48.6 Å². The van der Waals surface area contributed by atoms with Gasteiger partial charge in [0.05, 0.1) is 0 Å². The third-order valence-corrected chi connectivity index (χ3v) is 10.5. The summed E-state index contributed by atoms with van der Waals surface area (Å²) in [6, 6.07) is 15.0. The molecule has 4 aliphatic carbocycles. The third-order valence-electron chi connectivity index (χ3n) is 10.5. The van der Waals surface area contributed by atoms with E-state index in [4.69, 9.17) is 9.47 Å². The van der Waals surface area contributed by atoms with Crippen molar-refractivity contribution in [2.24, 2.45) is 11.3 Å². The number of aromatic hydroxyl groups is 1. The van der Waals surface area contributed by atoms with Crippen molar-refractivity contribution < 1.29 is 14.6 Å². The molecule has 35 heavy (non-hydrogen) atoms. The number of phenolic OH excluding ortho intramolecular Hbond substituents is 1. The van der Waals surface area contributed by atoms with Crippen LogP contribution in [0.5, 0.6) is 11.5 Å². The maximum Gasteiger partial charge on any atom is 0.165 e. The maximum absolute atomic E-state index is 10.9. The number of nitrogens with one attached hydrogen (secondary N) is 1. The van der Waals surface area contributed by atoms with E-state index in [9.17, 15) is 5.11 Å². The third kappa shape index (κ3) is 2.64. The van der Waals surface area contributed by atoms with Gasteiger partial charge in [-0.05, 0) is 62.9 Å². The Kier molecular flexibility index (Phi) is 4.74. The van der Waals surface area contributed by atoms with Crippen molar-refractivity contribution in [1.82, 2.24) is 10.2 Å². The molecule has 2 heterocycles. The molecular formula is C30H36N2O3. The van der Waals surface area contributed by atoms with Crippen molar-refractivity contribution in [3.05, 3.63) is 65.2 Å². The molecule has 2 spiro atoms. The van der Waals surface area contributed by atoms with Gasteiger partial charge in [0.25, 0.3) is 0 Å². The fourth-order valence-electron chi connectivity index (χ4n) is 9.17. The number of benzene rings is 2. The predicted octanol–water partition coefficient (Wildman–Crippen LogP) is 4.14. The van der Waals surface area contributed by atoms with E-state index in [1.54, 1.807) is 0 Å². The van der Waals surface area contributed by atoms with Crippen LogP contribution in [0.4, 0.5) is 0 Å². The molecule has 0 radical (unpaired) electrons. The number of nitrogens with zero attached hydrogens (tertiary/aromatic N) is 1. The lowest BCUT2D eigenvalue weighted by atomic mass is 9.35. The monoisotopic (exact) mass is 472 g/mol. The Morgan fingerprint density at radius 3 is 2.86 bits per heavy atom. The molecular weight excluding hydrogens is 436 g/mol. The summed E-state index contributed by atoms with van der Waals surface area (Å²) >= 11 is 0. The van der Waals surface area contributed by atoms with Gasteiger partial charge in [0.15, 0.2) is 11.5 Å². The van der Waals surface area contributed by atoms with Crippen molar-refractivity contribution in [3.8, 4) is 11.5 Å². The minimum atomic E-state index is -0.335. The number of hydrogen-bond acceptors (Lipinski definition) is 5. The summed E-state index contributed by atoms with van der Waals surface area (Å²) in [6.07, 6.45) is 9.85. The number of piperidine rings is 1. The van der Waals surface area contributed by atoms with Crippen LogP contribution >= 0.6 is 0 Å². The van der Waals surface area contributed by atoms with E-state index in [1.807, 2.05) is 19.2 Å². The van der Waals surface area contributed by atoms with Crippen LogP contribution < -0.4 is 10.1 Å². The molecule has 3 saturated carbocycles. The number of ether oxygens (including phenoxy) is 2. The Morgan fingerprint density at radius 1 is 1.17 bits per heavy atom. The van der Waals surface area contributed by atoms with E-state index in [0.29, 0.717) is 17.7 Å². The summed E-state index contributed by atoms with van der Waals surface area (Å²) in [5.41, 5.74) is 3.71. The van der Waals surface area contributed by atoms with Crippen LogP contribution in [0.3, 0.4) is 0 Å². The van der Waals surface area contributed by atoms with Gasteiger partial charge in [0.2, 0.25) is 0 Å². The highest BCUT2D eigenvalue weighted by Crippen LogP contribution is 2.76. The SMILES string of the molecule is CO[C@@]12CC[C@@]3(C[C@@H]1CNC/C=C/c1ccccc1)[C@H]1Cc4ccc(O)c5c4[C@@]3(CCN1C)[C@H]2O5. The molecule has 4 bridgehead atoms. The van der Waals surface area contributed by atoms with Gasteiger partial charge in [-0.2, -0.15) is 0 Å². The Labute approximate surface area is 208 Å². The van der Waals surface area contributed by atoms with Crippen molar-refractivity contribution in [1.29, 1.82) is 0 Å². The quantitative estimate of drug-likeness (QED) is 0.619. The number of methoxy groups -OCH3 is 1. The number of likely N-dealkylation sites (tertiary alicyclic amines) is 1. The molecule has 1 saturated heterocycles. The van der Waals surface area contributed by atoms with Crippen LogP contribution in [0.25, 0.3) is 6.08 Å². The van der Waals surface area contributed by atoms with E-state index in [-0.39, 0.29) is 22.5 Å². The summed E-state index contributed by atoms with van der Waals surface area (Å²) in [5.74, 6) is 1.42. The van der Waals surface area contributed by atoms with E-state index < -0.39 is 0 Å². The zero-order valence-corrected chi connectivity index (χ0v) is 20.8. The lowest BCUT2D eigenvalue weighted by Gasteiger charge is -2.73. The largest absolute Gasteiger partial charge is 0.504 e. The summed E-state index contributed by atoms with van der Waals surface area (Å²) in [5, 5.41) is 14.6. The molecule has 0 unspecified atom stereocenters. The van der Waals surface area contributed by atoms with Crippen LogP contribution in [0, 0.1) is 11.3 Å². The topological polar surface area (TPSA) is 54.0 Å². The number of fused-ring (bicyclic) bond motifs is 2. The van der Waals surface area contributed by atoms with Crippen LogP contribution in [-0.4, -0.2) is 61.5 Å². The zero-order valence-electron chi connectivity index (χ0n) is 20.8. The van der Waals surface area contributed by atoms with Crippen molar-refractivity contribution in [2.75, 3.05) is 33.8 Å². The van der Waals surface area contributed by atoms with Gasteiger partial charge >= 0.3 is 0 Å². The highest BCUT2D eigenvalue weighted by atomic mass is 16.6. The van der Waals surface area contributed by atoms with Crippen molar-refractivity contribution >= 4 is 6.08 Å². The first-order chi connectivity index (χ1) is 17.1. The first-order valence-corrected chi connectivity index (χ1v) is 13.3. The molecule has 5 heteroatoms. The van der Waals surface area contributed by atoms with Crippen molar-refractivity contribution in [2.45, 2.75) is 55.3 Å². The first-order valence-electron chi connectivity index (χ1n) is 13.3. The molecule has 8 rings (SSSR count). The Balaban J connectivity index is 1.23. The van der Waals surface area contributed by atoms with E-state index in [2.05, 4.69) is 59.7 Å². The summed E-state index contributed by atoms with van der Waals surface area (Å²) in [7, 11) is 4.21. The second-order valence-corrected chi connectivity index (χ2v) is 11.6. The number of hydrogen-bond donors (Lipinski definition) is 2. The van der Waals surface area contributed by atoms with E-state index in [1.165, 1.54) is 23.1 Å². The summed E-state index contributed by atoms with van der Waals surface area (Å²) in [4.78, 5) is 2.62. The lowest BCUT2D eigenvalue weighted by Crippen LogP contribution is -2.81. The van der Waals surface area contributed by atoms with Crippen LogP contribution in [-0.2, 0) is 16.6 Å². The Hall–Kier alpha value is -2.34. The molecule has 184 valence electrons. The molecule has 2 aromatic rings. The van der Waals surface area contributed by atoms with Gasteiger partial charge in [0, 0.05) is 48.6 Å². The maximum atomic E-state index is 10.9. The van der Waals surface area contributed by atoms with Gasteiger partial charge in [-0.3, -0.25) is 0 Å². The normalized spacial score (nSPS) is 38.5. The van der Waals surface area contributed by atoms with Gasteiger partial charge in [-0.15, -0.1) is 0 Å². The number of rotatable bonds is 6. The Bertz CT molecular complexity index is 1180. The summed E-state index contributed by atoms with van der Waals surface area (Å²) < 4.78 is 13.4. The fraction of sp³-hybridized carbons (Fsp3) is 0.533. The van der Waals surface area contributed by atoms with Gasteiger partial charge in [-0.25, -0.2) is 0 Å². The first kappa shape index (κ1) is 21.9. The van der Waals surface area contributed by atoms with Gasteiger partial charge < -0.3 is 24.8 Å². The second kappa shape index (κ2) is 7.58. The molecule has 4 fully saturated rings. The van der Waals surface area contributed by atoms with Crippen LogP contribution in [0.2, 0.25) is 0 Å². The average Bonchev–Trinajstić information content (AvgIpc) is 3.25. The van der Waals surface area contributed by atoms with Crippen LogP contribution in [0.15, 0.2) is 48.5 Å². The lowest BCUT2D eigenvalue weighted by molar-refractivity contribution is -0.274. The van der Waals surface area contributed by atoms with Gasteiger partial charge in [0.1, 0.15) is 11.7 Å². The minimum absolute atomic E-state index is 0.0345. The standard InChI is InChI=1S/C30H36N2O3/c1-32-16-14-29-25-21-10-11-23(33)26(25)35-27(29)30(34-2)13-12-28(29,24(32)17-21)18-22(30)19-31-15-6-9-20-7-4-3-5-8-20/h3-11,22,24,27,31,33H,12-19H2,1-2H3/b9-6+/t22-,24-,27-,28-,29+,30+/m1/s1. The average molecular weight is 473 g/mol. The number of likely N-dealkylation sites (N-methyl/N-ethyl adjacent to an activating group) is 1. The molecule has 6 aliphatic rings. The molecule has 0 aromatic heterocycles. The predicted molar refractivity (Wildman–Crippen MR) is 137 cm³/mol. The Morgan fingerprint density at radius 2 is 2.03 bits per heavy atom. The zero-order chi connectivity index (χ0) is 23.8. The molecule has 5 nitrogen and oxygen atoms in total. The highest BCUT2D eigenvalue weighted by Gasteiger charge is 2.80.